The van der Waals surface area contributed by atoms with Crippen LogP contribution < -0.4 is 5.32 Å². The van der Waals surface area contributed by atoms with Crippen molar-refractivity contribution in [2.24, 2.45) is 5.92 Å². The Kier molecular flexibility index (Phi) is 5.16. The van der Waals surface area contributed by atoms with Crippen molar-refractivity contribution in [2.45, 2.75) is 59.1 Å². The highest BCUT2D eigenvalue weighted by atomic mass is 32.1. The quantitative estimate of drug-likeness (QED) is 0.908. The summed E-state index contributed by atoms with van der Waals surface area (Å²) in [5, 5.41) is 4.15. The molecule has 0 aromatic carbocycles. The van der Waals surface area contributed by atoms with Crippen molar-refractivity contribution in [1.82, 2.24) is 10.3 Å². The van der Waals surface area contributed by atoms with Crippen molar-refractivity contribution in [3.63, 3.8) is 0 Å². The molecule has 2 atom stereocenters. The highest BCUT2D eigenvalue weighted by molar-refractivity contribution is 7.11. The van der Waals surface area contributed by atoms with Crippen LogP contribution in [0.25, 0.3) is 0 Å². The summed E-state index contributed by atoms with van der Waals surface area (Å²) < 4.78 is 5.46. The molecule has 1 saturated heterocycles. The highest BCUT2D eigenvalue weighted by Gasteiger charge is 2.27. The van der Waals surface area contributed by atoms with Crippen LogP contribution in [0.15, 0.2) is 0 Å². The van der Waals surface area contributed by atoms with Crippen molar-refractivity contribution in [3.8, 4) is 0 Å². The van der Waals surface area contributed by atoms with Gasteiger partial charge in [0.25, 0.3) is 0 Å². The van der Waals surface area contributed by atoms with Crippen LogP contribution in [0.4, 0.5) is 0 Å². The molecule has 2 unspecified atom stereocenters. The summed E-state index contributed by atoms with van der Waals surface area (Å²) in [6.07, 6.45) is 2.44. The molecule has 4 nitrogen and oxygen atoms in total. The van der Waals surface area contributed by atoms with Crippen LogP contribution in [0.1, 0.15) is 54.7 Å². The van der Waals surface area contributed by atoms with Gasteiger partial charge in [-0.1, -0.05) is 13.8 Å². The summed E-state index contributed by atoms with van der Waals surface area (Å²) in [6, 6.07) is 0.00380. The fourth-order valence-corrected chi connectivity index (χ4v) is 3.38. The molecule has 20 heavy (non-hydrogen) atoms. The number of nitrogens with zero attached hydrogens (tertiary/aromatic N) is 1. The van der Waals surface area contributed by atoms with E-state index in [9.17, 15) is 4.79 Å². The summed E-state index contributed by atoms with van der Waals surface area (Å²) in [5.41, 5.74) is 1.06. The number of carbonyl (C=O) groups excluding carboxylic acids is 1. The molecule has 1 fully saturated rings. The third kappa shape index (κ3) is 3.79. The van der Waals surface area contributed by atoms with Gasteiger partial charge >= 0.3 is 0 Å². The second-order valence-electron chi connectivity index (χ2n) is 5.89. The van der Waals surface area contributed by atoms with Crippen molar-refractivity contribution in [1.29, 1.82) is 0 Å². The van der Waals surface area contributed by atoms with Gasteiger partial charge in [0.15, 0.2) is 0 Å². The third-order valence-corrected chi connectivity index (χ3v) is 4.78. The fourth-order valence-electron chi connectivity index (χ4n) is 2.39. The van der Waals surface area contributed by atoms with Crippen molar-refractivity contribution in [2.75, 3.05) is 6.61 Å². The summed E-state index contributed by atoms with van der Waals surface area (Å²) >= 11 is 1.68. The van der Waals surface area contributed by atoms with Gasteiger partial charge in [-0.05, 0) is 39.0 Å². The molecule has 0 spiro atoms. The van der Waals surface area contributed by atoms with Crippen molar-refractivity contribution >= 4 is 17.2 Å². The van der Waals surface area contributed by atoms with Gasteiger partial charge in [0, 0.05) is 11.5 Å². The third-order valence-electron chi connectivity index (χ3n) is 3.59. The van der Waals surface area contributed by atoms with E-state index in [0.717, 1.165) is 30.0 Å². The Bertz CT molecular complexity index is 445. The molecule has 2 rings (SSSR count). The standard InChI is InChI=1S/C15H24N2O2S/c1-9(2)8-12(15-16-10(3)11(4)20-15)17-14(18)13-6-5-7-19-13/h9,12-13H,5-8H2,1-4H3,(H,17,18). The molecule has 5 heteroatoms. The zero-order chi connectivity index (χ0) is 14.7. The van der Waals surface area contributed by atoms with Crippen LogP contribution in [0.5, 0.6) is 0 Å². The molecule has 0 aliphatic carbocycles. The van der Waals surface area contributed by atoms with Crippen molar-refractivity contribution < 1.29 is 9.53 Å². The zero-order valence-electron chi connectivity index (χ0n) is 12.7. The Morgan fingerprint density at radius 3 is 2.75 bits per heavy atom. The Labute approximate surface area is 124 Å². The van der Waals surface area contributed by atoms with Gasteiger partial charge in [-0.25, -0.2) is 4.98 Å². The minimum Gasteiger partial charge on any atom is -0.368 e. The number of aryl methyl sites for hydroxylation is 2. The number of ether oxygens (including phenoxy) is 1. The van der Waals surface area contributed by atoms with Gasteiger partial charge in [-0.15, -0.1) is 11.3 Å². The van der Waals surface area contributed by atoms with E-state index in [1.807, 2.05) is 6.92 Å². The number of hydrogen-bond donors (Lipinski definition) is 1. The lowest BCUT2D eigenvalue weighted by molar-refractivity contribution is -0.130. The van der Waals surface area contributed by atoms with E-state index in [2.05, 4.69) is 31.1 Å². The highest BCUT2D eigenvalue weighted by Crippen LogP contribution is 2.28. The molecule has 1 aromatic rings. The van der Waals surface area contributed by atoms with E-state index in [-0.39, 0.29) is 18.1 Å². The SMILES string of the molecule is Cc1nc(C(CC(C)C)NC(=O)C2CCCO2)sc1C. The van der Waals surface area contributed by atoms with E-state index < -0.39 is 0 Å². The molecule has 0 radical (unpaired) electrons. The molecule has 112 valence electrons. The number of nitrogens with one attached hydrogen (secondary N) is 1. The molecule has 0 saturated carbocycles. The van der Waals surface area contributed by atoms with Crippen LogP contribution in [-0.2, 0) is 9.53 Å². The molecule has 2 heterocycles. The second kappa shape index (κ2) is 6.68. The van der Waals surface area contributed by atoms with E-state index in [1.54, 1.807) is 11.3 Å². The topological polar surface area (TPSA) is 51.2 Å². The normalized spacial score (nSPS) is 20.4. The molecular weight excluding hydrogens is 272 g/mol. The Morgan fingerprint density at radius 2 is 2.25 bits per heavy atom. The minimum atomic E-state index is -0.271. The van der Waals surface area contributed by atoms with Crippen molar-refractivity contribution in [3.05, 3.63) is 15.6 Å². The van der Waals surface area contributed by atoms with Crippen LogP contribution in [0.2, 0.25) is 0 Å². The Morgan fingerprint density at radius 1 is 1.50 bits per heavy atom. The number of aromatic nitrogens is 1. The molecule has 1 N–H and O–H groups in total. The van der Waals surface area contributed by atoms with Crippen LogP contribution in [0.3, 0.4) is 0 Å². The number of carbonyl (C=O) groups is 1. The monoisotopic (exact) mass is 296 g/mol. The number of hydrogen-bond acceptors (Lipinski definition) is 4. The van der Waals surface area contributed by atoms with Gasteiger partial charge in [-0.3, -0.25) is 4.79 Å². The zero-order valence-corrected chi connectivity index (χ0v) is 13.5. The smallest absolute Gasteiger partial charge is 0.249 e. The number of amides is 1. The van der Waals surface area contributed by atoms with E-state index in [1.165, 1.54) is 4.88 Å². The van der Waals surface area contributed by atoms with E-state index in [4.69, 9.17) is 4.74 Å². The molecule has 1 aliphatic rings. The lowest BCUT2D eigenvalue weighted by Gasteiger charge is -2.20. The largest absolute Gasteiger partial charge is 0.368 e. The van der Waals surface area contributed by atoms with Crippen LogP contribution >= 0.6 is 11.3 Å². The van der Waals surface area contributed by atoms with E-state index >= 15 is 0 Å². The summed E-state index contributed by atoms with van der Waals surface area (Å²) in [4.78, 5) is 18.1. The molecular formula is C15H24N2O2S. The second-order valence-corrected chi connectivity index (χ2v) is 7.12. The van der Waals surface area contributed by atoms with Gasteiger partial charge in [-0.2, -0.15) is 0 Å². The van der Waals surface area contributed by atoms with Gasteiger partial charge in [0.2, 0.25) is 5.91 Å². The fraction of sp³-hybridized carbons (Fsp3) is 0.733. The first kappa shape index (κ1) is 15.4. The van der Waals surface area contributed by atoms with Gasteiger partial charge in [0.05, 0.1) is 11.7 Å². The molecule has 0 bridgehead atoms. The summed E-state index contributed by atoms with van der Waals surface area (Å²) in [7, 11) is 0. The lowest BCUT2D eigenvalue weighted by atomic mass is 10.0. The van der Waals surface area contributed by atoms with Gasteiger partial charge < -0.3 is 10.1 Å². The molecule has 1 amide bonds. The van der Waals surface area contributed by atoms with Crippen LogP contribution in [0, 0.1) is 19.8 Å². The lowest BCUT2D eigenvalue weighted by Crippen LogP contribution is -2.37. The Hall–Kier alpha value is -0.940. The maximum atomic E-state index is 12.2. The maximum absolute atomic E-state index is 12.2. The minimum absolute atomic E-state index is 0.00380. The number of rotatable bonds is 5. The van der Waals surface area contributed by atoms with E-state index in [0.29, 0.717) is 12.5 Å². The maximum Gasteiger partial charge on any atom is 0.249 e. The van der Waals surface area contributed by atoms with Gasteiger partial charge in [0.1, 0.15) is 11.1 Å². The Balaban J connectivity index is 2.08. The number of thiazole rings is 1. The first-order valence-electron chi connectivity index (χ1n) is 7.33. The predicted octanol–water partition coefficient (Wildman–Crippen LogP) is 3.14. The molecule has 1 aliphatic heterocycles. The predicted molar refractivity (Wildman–Crippen MR) is 80.9 cm³/mol. The van der Waals surface area contributed by atoms with Crippen LogP contribution in [-0.4, -0.2) is 23.6 Å². The average molecular weight is 296 g/mol. The average Bonchev–Trinajstić information content (AvgIpc) is 2.99. The first-order chi connectivity index (χ1) is 9.47. The summed E-state index contributed by atoms with van der Waals surface area (Å²) in [6.45, 7) is 9.12. The summed E-state index contributed by atoms with van der Waals surface area (Å²) in [5.74, 6) is 0.521. The first-order valence-corrected chi connectivity index (χ1v) is 8.15. The molecule has 1 aromatic heterocycles.